The van der Waals surface area contributed by atoms with E-state index in [0.717, 1.165) is 17.8 Å². The predicted molar refractivity (Wildman–Crippen MR) is 69.9 cm³/mol. The number of aromatic nitrogens is 2. The first kappa shape index (κ1) is 14.1. The van der Waals surface area contributed by atoms with Crippen LogP contribution >= 0.6 is 0 Å². The summed E-state index contributed by atoms with van der Waals surface area (Å²) in [7, 11) is 1.78. The number of para-hydroxylation sites is 1. The van der Waals surface area contributed by atoms with Gasteiger partial charge < -0.3 is 10.6 Å². The number of benzene rings is 1. The third-order valence-corrected chi connectivity index (χ3v) is 2.74. The average Bonchev–Trinajstić information content (AvgIpc) is 2.80. The monoisotopic (exact) mass is 280 g/mol. The molecule has 0 unspecified atom stereocenters. The molecule has 0 aliphatic rings. The van der Waals surface area contributed by atoms with E-state index in [9.17, 15) is 13.6 Å². The van der Waals surface area contributed by atoms with Crippen molar-refractivity contribution in [3.05, 3.63) is 47.8 Å². The fourth-order valence-electron chi connectivity index (χ4n) is 1.68. The quantitative estimate of drug-likeness (QED) is 0.871. The van der Waals surface area contributed by atoms with E-state index >= 15 is 0 Å². The van der Waals surface area contributed by atoms with E-state index < -0.39 is 23.2 Å². The molecule has 7 heteroatoms. The van der Waals surface area contributed by atoms with Gasteiger partial charge in [-0.3, -0.25) is 9.48 Å². The van der Waals surface area contributed by atoms with Crippen LogP contribution in [0.4, 0.5) is 14.5 Å². The fraction of sp³-hybridized carbons (Fsp3) is 0.231. The fourth-order valence-corrected chi connectivity index (χ4v) is 1.68. The first-order chi connectivity index (χ1) is 9.58. The van der Waals surface area contributed by atoms with E-state index in [2.05, 4.69) is 15.7 Å². The number of nitrogens with zero attached hydrogens (tertiary/aromatic N) is 2. The Morgan fingerprint density at radius 1 is 1.30 bits per heavy atom. The smallest absolute Gasteiger partial charge is 0.238 e. The molecular formula is C13H14F2N4O. The minimum absolute atomic E-state index is 0.0566. The van der Waals surface area contributed by atoms with Crippen LogP contribution in [0.3, 0.4) is 0 Å². The zero-order valence-electron chi connectivity index (χ0n) is 10.9. The van der Waals surface area contributed by atoms with Crippen LogP contribution in [0.2, 0.25) is 0 Å². The SMILES string of the molecule is Cn1nccc1CNCC(=O)Nc1c(F)cccc1F. The Hall–Kier alpha value is -2.28. The normalized spacial score (nSPS) is 10.6. The lowest BCUT2D eigenvalue weighted by atomic mass is 10.3. The van der Waals surface area contributed by atoms with E-state index in [0.29, 0.717) is 6.54 Å². The van der Waals surface area contributed by atoms with Crippen molar-refractivity contribution in [2.75, 3.05) is 11.9 Å². The molecule has 2 aromatic rings. The van der Waals surface area contributed by atoms with Gasteiger partial charge >= 0.3 is 0 Å². The first-order valence-electron chi connectivity index (χ1n) is 5.99. The van der Waals surface area contributed by atoms with Crippen molar-refractivity contribution in [3.63, 3.8) is 0 Å². The van der Waals surface area contributed by atoms with Crippen LogP contribution < -0.4 is 10.6 Å². The van der Waals surface area contributed by atoms with Gasteiger partial charge in [0.05, 0.1) is 12.2 Å². The molecule has 20 heavy (non-hydrogen) atoms. The zero-order chi connectivity index (χ0) is 14.5. The number of carbonyl (C=O) groups is 1. The molecule has 0 saturated carbocycles. The second-order valence-corrected chi connectivity index (χ2v) is 4.19. The van der Waals surface area contributed by atoms with Crippen molar-refractivity contribution >= 4 is 11.6 Å². The van der Waals surface area contributed by atoms with Crippen molar-refractivity contribution in [1.82, 2.24) is 15.1 Å². The number of hydrogen-bond acceptors (Lipinski definition) is 3. The van der Waals surface area contributed by atoms with E-state index in [1.165, 1.54) is 6.07 Å². The van der Waals surface area contributed by atoms with Gasteiger partial charge in [0, 0.05) is 19.8 Å². The molecule has 0 bridgehead atoms. The third-order valence-electron chi connectivity index (χ3n) is 2.74. The average molecular weight is 280 g/mol. The topological polar surface area (TPSA) is 59.0 Å². The van der Waals surface area contributed by atoms with Gasteiger partial charge in [-0.1, -0.05) is 6.07 Å². The predicted octanol–water partition coefficient (Wildman–Crippen LogP) is 1.43. The molecule has 0 radical (unpaired) electrons. The van der Waals surface area contributed by atoms with Crippen molar-refractivity contribution in [3.8, 4) is 0 Å². The summed E-state index contributed by atoms with van der Waals surface area (Å²) >= 11 is 0. The number of hydrogen-bond donors (Lipinski definition) is 2. The third kappa shape index (κ3) is 3.39. The van der Waals surface area contributed by atoms with E-state index in [4.69, 9.17) is 0 Å². The second-order valence-electron chi connectivity index (χ2n) is 4.19. The summed E-state index contributed by atoms with van der Waals surface area (Å²) < 4.78 is 28.3. The Labute approximate surface area is 114 Å². The summed E-state index contributed by atoms with van der Waals surface area (Å²) in [4.78, 5) is 11.6. The van der Waals surface area contributed by atoms with Gasteiger partial charge in [0.1, 0.15) is 17.3 Å². The highest BCUT2D eigenvalue weighted by molar-refractivity contribution is 5.92. The number of carbonyl (C=O) groups excluding carboxylic acids is 1. The van der Waals surface area contributed by atoms with Crippen LogP contribution in [0, 0.1) is 11.6 Å². The molecule has 2 rings (SSSR count). The molecule has 1 amide bonds. The number of aryl methyl sites for hydroxylation is 1. The molecule has 0 aliphatic carbocycles. The Morgan fingerprint density at radius 3 is 2.60 bits per heavy atom. The van der Waals surface area contributed by atoms with Crippen LogP contribution in [0.1, 0.15) is 5.69 Å². The van der Waals surface area contributed by atoms with E-state index in [1.54, 1.807) is 24.0 Å². The minimum atomic E-state index is -0.801. The summed E-state index contributed by atoms with van der Waals surface area (Å²) in [6, 6.07) is 5.21. The second kappa shape index (κ2) is 6.25. The Balaban J connectivity index is 1.85. The van der Waals surface area contributed by atoms with Gasteiger partial charge in [-0.05, 0) is 18.2 Å². The highest BCUT2D eigenvalue weighted by atomic mass is 19.1. The van der Waals surface area contributed by atoms with Gasteiger partial charge in [0.2, 0.25) is 5.91 Å². The molecule has 0 fully saturated rings. The van der Waals surface area contributed by atoms with Crippen LogP contribution in [-0.4, -0.2) is 22.2 Å². The van der Waals surface area contributed by atoms with E-state index in [-0.39, 0.29) is 6.54 Å². The summed E-state index contributed by atoms with van der Waals surface area (Å²) in [5.41, 5.74) is 0.467. The summed E-state index contributed by atoms with van der Waals surface area (Å²) in [6.45, 7) is 0.378. The van der Waals surface area contributed by atoms with Gasteiger partial charge in [-0.15, -0.1) is 0 Å². The van der Waals surface area contributed by atoms with Gasteiger partial charge in [-0.2, -0.15) is 5.10 Å². The van der Waals surface area contributed by atoms with Gasteiger partial charge in [0.25, 0.3) is 0 Å². The van der Waals surface area contributed by atoms with Crippen LogP contribution in [0.5, 0.6) is 0 Å². The first-order valence-corrected chi connectivity index (χ1v) is 5.99. The summed E-state index contributed by atoms with van der Waals surface area (Å²) in [5.74, 6) is -2.12. The minimum Gasteiger partial charge on any atom is -0.320 e. The maximum Gasteiger partial charge on any atom is 0.238 e. The van der Waals surface area contributed by atoms with Gasteiger partial charge in [-0.25, -0.2) is 8.78 Å². The Bertz CT molecular complexity index is 592. The number of nitrogens with one attached hydrogen (secondary N) is 2. The number of anilines is 1. The van der Waals surface area contributed by atoms with Crippen LogP contribution in [-0.2, 0) is 18.4 Å². The number of rotatable bonds is 5. The van der Waals surface area contributed by atoms with Crippen molar-refractivity contribution in [2.24, 2.45) is 7.05 Å². The molecule has 1 aromatic heterocycles. The molecule has 2 N–H and O–H groups in total. The summed E-state index contributed by atoms with van der Waals surface area (Å²) in [5, 5.41) is 9.05. The molecular weight excluding hydrogens is 266 g/mol. The Kier molecular flexibility index (Phi) is 4.41. The van der Waals surface area contributed by atoms with Gasteiger partial charge in [0.15, 0.2) is 0 Å². The maximum atomic E-state index is 13.3. The molecule has 106 valence electrons. The lowest BCUT2D eigenvalue weighted by Crippen LogP contribution is -2.29. The molecule has 0 aliphatic heterocycles. The van der Waals surface area contributed by atoms with Crippen LogP contribution in [0.25, 0.3) is 0 Å². The molecule has 0 saturated heterocycles. The number of amides is 1. The van der Waals surface area contributed by atoms with E-state index in [1.807, 2.05) is 0 Å². The Morgan fingerprint density at radius 2 is 2.00 bits per heavy atom. The molecule has 0 atom stereocenters. The highest BCUT2D eigenvalue weighted by Gasteiger charge is 2.11. The zero-order valence-corrected chi connectivity index (χ0v) is 10.9. The molecule has 1 heterocycles. The lowest BCUT2D eigenvalue weighted by Gasteiger charge is -2.08. The highest BCUT2D eigenvalue weighted by Crippen LogP contribution is 2.17. The molecule has 5 nitrogen and oxygen atoms in total. The largest absolute Gasteiger partial charge is 0.320 e. The standard InChI is InChI=1S/C13H14F2N4O/c1-19-9(5-6-17-19)7-16-8-12(20)18-13-10(14)3-2-4-11(13)15/h2-6,16H,7-8H2,1H3,(H,18,20). The van der Waals surface area contributed by atoms with Crippen molar-refractivity contribution < 1.29 is 13.6 Å². The number of halogens is 2. The lowest BCUT2D eigenvalue weighted by molar-refractivity contribution is -0.115. The van der Waals surface area contributed by atoms with Crippen molar-refractivity contribution in [1.29, 1.82) is 0 Å². The van der Waals surface area contributed by atoms with Crippen LogP contribution in [0.15, 0.2) is 30.5 Å². The summed E-state index contributed by atoms with van der Waals surface area (Å²) in [6.07, 6.45) is 1.64. The maximum absolute atomic E-state index is 13.3. The molecule has 1 aromatic carbocycles. The molecule has 0 spiro atoms. The van der Waals surface area contributed by atoms with Crippen molar-refractivity contribution in [2.45, 2.75) is 6.54 Å².